The van der Waals surface area contributed by atoms with Crippen LogP contribution in [0.5, 0.6) is 0 Å². The van der Waals surface area contributed by atoms with E-state index in [-0.39, 0.29) is 5.54 Å². The summed E-state index contributed by atoms with van der Waals surface area (Å²) in [4.78, 5) is 2.50. The molecule has 0 saturated carbocycles. The maximum atomic E-state index is 6.21. The van der Waals surface area contributed by atoms with Crippen LogP contribution in [0.4, 0.5) is 0 Å². The highest BCUT2D eigenvalue weighted by atomic mass is 15.2. The maximum Gasteiger partial charge on any atom is 0.0319 e. The fraction of sp³-hybridized carbons (Fsp3) is 0.571. The molecule has 94 valence electrons. The van der Waals surface area contributed by atoms with Crippen LogP contribution in [-0.2, 0) is 0 Å². The second kappa shape index (κ2) is 5.17. The molecule has 0 aromatic heterocycles. The summed E-state index contributed by atoms with van der Waals surface area (Å²) >= 11 is 0. The number of nitrogens with two attached hydrogens (primary N) is 2. The molecule has 1 aromatic carbocycles. The summed E-state index contributed by atoms with van der Waals surface area (Å²) in [7, 11) is 0. The maximum absolute atomic E-state index is 6.21. The zero-order chi connectivity index (χ0) is 12.3. The number of benzene rings is 1. The van der Waals surface area contributed by atoms with Crippen LogP contribution in [0.15, 0.2) is 30.3 Å². The summed E-state index contributed by atoms with van der Waals surface area (Å²) in [6, 6.07) is 11.1. The SMILES string of the molecule is CC(c1ccccc1)N1CCC(N)(CN)CC1. The molecule has 2 rings (SSSR count). The average Bonchev–Trinajstić information content (AvgIpc) is 2.40. The highest BCUT2D eigenvalue weighted by molar-refractivity contribution is 5.18. The third-order valence-electron chi connectivity index (χ3n) is 4.03. The van der Waals surface area contributed by atoms with E-state index in [9.17, 15) is 0 Å². The van der Waals surface area contributed by atoms with Crippen molar-refractivity contribution in [1.82, 2.24) is 4.90 Å². The van der Waals surface area contributed by atoms with Crippen LogP contribution in [0, 0.1) is 0 Å². The molecule has 3 nitrogen and oxygen atoms in total. The molecule has 1 aromatic rings. The van der Waals surface area contributed by atoms with Crippen molar-refractivity contribution in [2.45, 2.75) is 31.3 Å². The molecule has 0 aliphatic carbocycles. The molecule has 1 heterocycles. The Hall–Kier alpha value is -0.900. The second-order valence-corrected chi connectivity index (χ2v) is 5.19. The van der Waals surface area contributed by atoms with Gasteiger partial charge >= 0.3 is 0 Å². The van der Waals surface area contributed by atoms with Crippen molar-refractivity contribution in [3.63, 3.8) is 0 Å². The fourth-order valence-corrected chi connectivity index (χ4v) is 2.50. The van der Waals surface area contributed by atoms with Gasteiger partial charge in [-0.1, -0.05) is 30.3 Å². The van der Waals surface area contributed by atoms with Gasteiger partial charge in [-0.25, -0.2) is 0 Å². The van der Waals surface area contributed by atoms with Crippen LogP contribution in [0.1, 0.15) is 31.4 Å². The summed E-state index contributed by atoms with van der Waals surface area (Å²) < 4.78 is 0. The zero-order valence-corrected chi connectivity index (χ0v) is 10.6. The Labute approximate surface area is 104 Å². The lowest BCUT2D eigenvalue weighted by Crippen LogP contribution is -2.55. The van der Waals surface area contributed by atoms with E-state index < -0.39 is 0 Å². The van der Waals surface area contributed by atoms with Gasteiger partial charge in [-0.15, -0.1) is 0 Å². The minimum Gasteiger partial charge on any atom is -0.329 e. The highest BCUT2D eigenvalue weighted by Crippen LogP contribution is 2.26. The number of hydrogen-bond donors (Lipinski definition) is 2. The van der Waals surface area contributed by atoms with Gasteiger partial charge in [0.05, 0.1) is 0 Å². The smallest absolute Gasteiger partial charge is 0.0319 e. The Morgan fingerprint density at radius 1 is 1.24 bits per heavy atom. The summed E-state index contributed by atoms with van der Waals surface area (Å²) in [5.41, 5.74) is 13.2. The van der Waals surface area contributed by atoms with E-state index in [0.29, 0.717) is 12.6 Å². The Balaban J connectivity index is 1.97. The fourth-order valence-electron chi connectivity index (χ4n) is 2.50. The number of likely N-dealkylation sites (tertiary alicyclic amines) is 1. The molecule has 1 atom stereocenters. The first-order valence-corrected chi connectivity index (χ1v) is 6.42. The van der Waals surface area contributed by atoms with Gasteiger partial charge in [-0.05, 0) is 25.3 Å². The van der Waals surface area contributed by atoms with E-state index >= 15 is 0 Å². The van der Waals surface area contributed by atoms with Gasteiger partial charge in [0.25, 0.3) is 0 Å². The van der Waals surface area contributed by atoms with E-state index in [1.165, 1.54) is 5.56 Å². The largest absolute Gasteiger partial charge is 0.329 e. The standard InChI is InChI=1S/C14H23N3/c1-12(13-5-3-2-4-6-13)17-9-7-14(16,11-15)8-10-17/h2-6,12H,7-11,15-16H2,1H3. The Bertz CT molecular complexity index is 342. The van der Waals surface area contributed by atoms with Gasteiger partial charge in [-0.2, -0.15) is 0 Å². The van der Waals surface area contributed by atoms with E-state index in [1.54, 1.807) is 0 Å². The molecule has 0 spiro atoms. The van der Waals surface area contributed by atoms with Crippen LogP contribution in [-0.4, -0.2) is 30.1 Å². The predicted octanol–water partition coefficient (Wildman–Crippen LogP) is 1.50. The summed E-state index contributed by atoms with van der Waals surface area (Å²) in [5, 5.41) is 0. The Morgan fingerprint density at radius 3 is 2.35 bits per heavy atom. The summed E-state index contributed by atoms with van der Waals surface area (Å²) in [5.74, 6) is 0. The Kier molecular flexibility index (Phi) is 3.82. The van der Waals surface area contributed by atoms with Gasteiger partial charge in [0, 0.05) is 31.2 Å². The minimum absolute atomic E-state index is 0.132. The third kappa shape index (κ3) is 2.86. The molecule has 1 fully saturated rings. The van der Waals surface area contributed by atoms with Gasteiger partial charge in [0.1, 0.15) is 0 Å². The molecular weight excluding hydrogens is 210 g/mol. The molecule has 4 N–H and O–H groups in total. The van der Waals surface area contributed by atoms with Crippen molar-refractivity contribution in [3.8, 4) is 0 Å². The number of hydrogen-bond acceptors (Lipinski definition) is 3. The quantitative estimate of drug-likeness (QED) is 0.832. The lowest BCUT2D eigenvalue weighted by Gasteiger charge is -2.41. The van der Waals surface area contributed by atoms with E-state index in [4.69, 9.17) is 11.5 Å². The average molecular weight is 233 g/mol. The highest BCUT2D eigenvalue weighted by Gasteiger charge is 2.31. The number of rotatable bonds is 3. The predicted molar refractivity (Wildman–Crippen MR) is 71.6 cm³/mol. The van der Waals surface area contributed by atoms with Gasteiger partial charge in [0.2, 0.25) is 0 Å². The normalized spacial score (nSPS) is 22.3. The van der Waals surface area contributed by atoms with Crippen LogP contribution >= 0.6 is 0 Å². The molecule has 1 aliphatic rings. The van der Waals surface area contributed by atoms with Crippen LogP contribution in [0.25, 0.3) is 0 Å². The molecule has 0 amide bonds. The molecule has 3 heteroatoms. The van der Waals surface area contributed by atoms with Gasteiger partial charge in [0.15, 0.2) is 0 Å². The molecular formula is C14H23N3. The Morgan fingerprint density at radius 2 is 1.82 bits per heavy atom. The molecule has 17 heavy (non-hydrogen) atoms. The van der Waals surface area contributed by atoms with Gasteiger partial charge < -0.3 is 11.5 Å². The van der Waals surface area contributed by atoms with Crippen LogP contribution in [0.3, 0.4) is 0 Å². The van der Waals surface area contributed by atoms with Crippen LogP contribution < -0.4 is 11.5 Å². The van der Waals surface area contributed by atoms with Crippen LogP contribution in [0.2, 0.25) is 0 Å². The van der Waals surface area contributed by atoms with Crippen molar-refractivity contribution in [1.29, 1.82) is 0 Å². The van der Waals surface area contributed by atoms with Gasteiger partial charge in [-0.3, -0.25) is 4.90 Å². The number of piperidine rings is 1. The molecule has 1 aliphatic heterocycles. The zero-order valence-electron chi connectivity index (χ0n) is 10.6. The van der Waals surface area contributed by atoms with Crippen molar-refractivity contribution >= 4 is 0 Å². The van der Waals surface area contributed by atoms with Crippen molar-refractivity contribution < 1.29 is 0 Å². The number of nitrogens with zero attached hydrogens (tertiary/aromatic N) is 1. The monoisotopic (exact) mass is 233 g/mol. The lowest BCUT2D eigenvalue weighted by atomic mass is 9.88. The molecule has 1 unspecified atom stereocenters. The third-order valence-corrected chi connectivity index (χ3v) is 4.03. The first-order chi connectivity index (χ1) is 8.14. The molecule has 0 radical (unpaired) electrons. The second-order valence-electron chi connectivity index (χ2n) is 5.19. The van der Waals surface area contributed by atoms with E-state index in [0.717, 1.165) is 25.9 Å². The first-order valence-electron chi connectivity index (χ1n) is 6.42. The van der Waals surface area contributed by atoms with Crippen molar-refractivity contribution in [3.05, 3.63) is 35.9 Å². The van der Waals surface area contributed by atoms with Crippen molar-refractivity contribution in [2.24, 2.45) is 11.5 Å². The summed E-state index contributed by atoms with van der Waals surface area (Å²) in [6.45, 7) is 4.95. The minimum atomic E-state index is -0.132. The van der Waals surface area contributed by atoms with Crippen molar-refractivity contribution in [2.75, 3.05) is 19.6 Å². The lowest BCUT2D eigenvalue weighted by molar-refractivity contribution is 0.127. The molecule has 1 saturated heterocycles. The first kappa shape index (κ1) is 12.6. The topological polar surface area (TPSA) is 55.3 Å². The van der Waals surface area contributed by atoms with E-state index in [1.807, 2.05) is 0 Å². The summed E-state index contributed by atoms with van der Waals surface area (Å²) in [6.07, 6.45) is 2.00. The molecule has 0 bridgehead atoms. The van der Waals surface area contributed by atoms with E-state index in [2.05, 4.69) is 42.2 Å².